The van der Waals surface area contributed by atoms with Crippen LogP contribution in [-0.2, 0) is 0 Å². The third-order valence-corrected chi connectivity index (χ3v) is 3.95. The molecule has 1 spiro atoms. The van der Waals surface area contributed by atoms with E-state index in [9.17, 15) is 0 Å². The van der Waals surface area contributed by atoms with Crippen LogP contribution >= 0.6 is 0 Å². The van der Waals surface area contributed by atoms with E-state index in [4.69, 9.17) is 0 Å². The zero-order chi connectivity index (χ0) is 5.35. The molecule has 4 unspecified atom stereocenters. The van der Waals surface area contributed by atoms with Gasteiger partial charge in [-0.05, 0) is 42.4 Å². The van der Waals surface area contributed by atoms with Crippen molar-refractivity contribution in [2.75, 3.05) is 0 Å². The molecule has 0 aliphatic heterocycles. The predicted molar refractivity (Wildman–Crippen MR) is 32.4 cm³/mol. The van der Waals surface area contributed by atoms with E-state index in [2.05, 4.69) is 6.92 Å². The van der Waals surface area contributed by atoms with Crippen molar-refractivity contribution in [3.63, 3.8) is 0 Å². The summed E-state index contributed by atoms with van der Waals surface area (Å²) in [6, 6.07) is 0. The normalized spacial score (nSPS) is 73.9. The minimum absolute atomic E-state index is 0.999. The van der Waals surface area contributed by atoms with Crippen LogP contribution in [0.5, 0.6) is 0 Å². The van der Waals surface area contributed by atoms with E-state index in [1.165, 1.54) is 11.8 Å². The Morgan fingerprint density at radius 2 is 2.25 bits per heavy atom. The maximum absolute atomic E-state index is 2.42. The molecule has 0 heteroatoms. The summed E-state index contributed by atoms with van der Waals surface area (Å²) < 4.78 is 0. The monoisotopic (exact) mass is 108 g/mol. The molecule has 3 rings (SSSR count). The summed E-state index contributed by atoms with van der Waals surface area (Å²) in [5.41, 5.74) is 0.999. The molecule has 0 saturated heterocycles. The molecule has 0 amide bonds. The van der Waals surface area contributed by atoms with Crippen LogP contribution in [0.4, 0.5) is 0 Å². The molecule has 3 aliphatic carbocycles. The standard InChI is InChI=1S/C8H12/c1-5-3-8-4-6(8)2-7(5)8/h5-7H,2-4H2,1H3. The van der Waals surface area contributed by atoms with Crippen LogP contribution in [0.3, 0.4) is 0 Å². The molecule has 0 aromatic rings. The largest absolute Gasteiger partial charge is 0.0622 e. The van der Waals surface area contributed by atoms with Crippen LogP contribution < -0.4 is 0 Å². The topological polar surface area (TPSA) is 0 Å². The quantitative estimate of drug-likeness (QED) is 0.445. The molecule has 8 heavy (non-hydrogen) atoms. The molecule has 0 aromatic heterocycles. The summed E-state index contributed by atoms with van der Waals surface area (Å²) in [6.07, 6.45) is 4.80. The fraction of sp³-hybridized carbons (Fsp3) is 1.00. The highest BCUT2D eigenvalue weighted by Gasteiger charge is 2.74. The Bertz CT molecular complexity index is 150. The minimum atomic E-state index is 0.999. The lowest BCUT2D eigenvalue weighted by atomic mass is 9.53. The Morgan fingerprint density at radius 1 is 1.38 bits per heavy atom. The van der Waals surface area contributed by atoms with Gasteiger partial charge in [0.15, 0.2) is 0 Å². The molecule has 3 fully saturated rings. The maximum Gasteiger partial charge on any atom is -0.0232 e. The van der Waals surface area contributed by atoms with E-state index >= 15 is 0 Å². The minimum Gasteiger partial charge on any atom is -0.0622 e. The summed E-state index contributed by atoms with van der Waals surface area (Å²) >= 11 is 0. The molecular formula is C8H12. The van der Waals surface area contributed by atoms with Gasteiger partial charge in [-0.15, -0.1) is 0 Å². The lowest BCUT2D eigenvalue weighted by molar-refractivity contribution is -0.0330. The van der Waals surface area contributed by atoms with Crippen LogP contribution in [0.1, 0.15) is 26.2 Å². The second-order valence-corrected chi connectivity index (χ2v) is 4.16. The number of rotatable bonds is 0. The van der Waals surface area contributed by atoms with Crippen molar-refractivity contribution in [2.24, 2.45) is 23.2 Å². The van der Waals surface area contributed by atoms with Crippen molar-refractivity contribution in [3.8, 4) is 0 Å². The van der Waals surface area contributed by atoms with Crippen molar-refractivity contribution in [3.05, 3.63) is 0 Å². The first kappa shape index (κ1) is 3.92. The number of hydrogen-bond acceptors (Lipinski definition) is 0. The Morgan fingerprint density at radius 3 is 2.38 bits per heavy atom. The van der Waals surface area contributed by atoms with Gasteiger partial charge in [0, 0.05) is 0 Å². The Hall–Kier alpha value is 0. The summed E-state index contributed by atoms with van der Waals surface area (Å²) in [6.45, 7) is 2.42. The highest BCUT2D eigenvalue weighted by atomic mass is 14.8. The second-order valence-electron chi connectivity index (χ2n) is 4.16. The summed E-state index contributed by atoms with van der Waals surface area (Å²) in [5, 5.41) is 0. The first-order valence-corrected chi connectivity index (χ1v) is 3.83. The molecule has 0 heterocycles. The van der Waals surface area contributed by atoms with Crippen LogP contribution in [0, 0.1) is 23.2 Å². The Labute approximate surface area is 50.3 Å². The van der Waals surface area contributed by atoms with Crippen LogP contribution in [0.2, 0.25) is 0 Å². The molecule has 3 aliphatic rings. The lowest BCUT2D eigenvalue weighted by Crippen LogP contribution is -2.45. The van der Waals surface area contributed by atoms with Crippen LogP contribution in [-0.4, -0.2) is 0 Å². The van der Waals surface area contributed by atoms with E-state index in [1.807, 2.05) is 0 Å². The van der Waals surface area contributed by atoms with Crippen molar-refractivity contribution >= 4 is 0 Å². The highest BCUT2D eigenvalue weighted by molar-refractivity contribution is 5.23. The third-order valence-electron chi connectivity index (χ3n) is 3.95. The maximum atomic E-state index is 2.42. The van der Waals surface area contributed by atoms with Gasteiger partial charge in [0.1, 0.15) is 0 Å². The summed E-state index contributed by atoms with van der Waals surface area (Å²) in [5.74, 6) is 3.53. The van der Waals surface area contributed by atoms with Crippen molar-refractivity contribution < 1.29 is 0 Å². The molecule has 0 nitrogen and oxygen atoms in total. The van der Waals surface area contributed by atoms with E-state index in [0.717, 1.165) is 11.3 Å². The van der Waals surface area contributed by atoms with Crippen molar-refractivity contribution in [2.45, 2.75) is 26.2 Å². The van der Waals surface area contributed by atoms with Gasteiger partial charge in [-0.25, -0.2) is 0 Å². The van der Waals surface area contributed by atoms with Crippen molar-refractivity contribution in [1.82, 2.24) is 0 Å². The van der Waals surface area contributed by atoms with E-state index in [-0.39, 0.29) is 0 Å². The van der Waals surface area contributed by atoms with E-state index in [0.29, 0.717) is 0 Å². The van der Waals surface area contributed by atoms with E-state index < -0.39 is 0 Å². The first-order chi connectivity index (χ1) is 3.83. The fourth-order valence-electron chi connectivity index (χ4n) is 3.33. The Kier molecular flexibility index (Phi) is 0.381. The van der Waals surface area contributed by atoms with Gasteiger partial charge in [-0.3, -0.25) is 0 Å². The van der Waals surface area contributed by atoms with Gasteiger partial charge < -0.3 is 0 Å². The highest BCUT2D eigenvalue weighted by Crippen LogP contribution is 2.82. The summed E-state index contributed by atoms with van der Waals surface area (Å²) in [4.78, 5) is 0. The van der Waals surface area contributed by atoms with Gasteiger partial charge in [0.2, 0.25) is 0 Å². The summed E-state index contributed by atoms with van der Waals surface area (Å²) in [7, 11) is 0. The molecule has 0 bridgehead atoms. The first-order valence-electron chi connectivity index (χ1n) is 3.83. The smallest absolute Gasteiger partial charge is 0.0232 e. The van der Waals surface area contributed by atoms with Gasteiger partial charge in [-0.2, -0.15) is 0 Å². The SMILES string of the molecule is CC1CC23CC2CC13. The lowest BCUT2D eigenvalue weighted by Gasteiger charge is -2.52. The Balaban J connectivity index is 1.95. The molecule has 0 radical (unpaired) electrons. The van der Waals surface area contributed by atoms with Gasteiger partial charge in [0.05, 0.1) is 0 Å². The molecule has 0 N–H and O–H groups in total. The number of hydrogen-bond donors (Lipinski definition) is 0. The predicted octanol–water partition coefficient (Wildman–Crippen LogP) is 2.05. The zero-order valence-corrected chi connectivity index (χ0v) is 5.35. The average Bonchev–Trinajstić information content (AvgIpc) is 2.33. The molecule has 0 aromatic carbocycles. The van der Waals surface area contributed by atoms with E-state index in [1.54, 1.807) is 19.3 Å². The van der Waals surface area contributed by atoms with Gasteiger partial charge in [-0.1, -0.05) is 6.92 Å². The van der Waals surface area contributed by atoms with Gasteiger partial charge in [0.25, 0.3) is 0 Å². The zero-order valence-electron chi connectivity index (χ0n) is 5.35. The molecule has 4 atom stereocenters. The molecular weight excluding hydrogens is 96.1 g/mol. The van der Waals surface area contributed by atoms with Crippen molar-refractivity contribution in [1.29, 1.82) is 0 Å². The average molecular weight is 108 g/mol. The van der Waals surface area contributed by atoms with Crippen LogP contribution in [0.15, 0.2) is 0 Å². The molecule has 44 valence electrons. The molecule has 3 saturated carbocycles. The van der Waals surface area contributed by atoms with Gasteiger partial charge >= 0.3 is 0 Å². The second kappa shape index (κ2) is 0.778. The fourth-order valence-corrected chi connectivity index (χ4v) is 3.33. The van der Waals surface area contributed by atoms with Crippen LogP contribution in [0.25, 0.3) is 0 Å². The third kappa shape index (κ3) is 0.191.